The van der Waals surface area contributed by atoms with Gasteiger partial charge in [-0.3, -0.25) is 0 Å². The molecule has 0 saturated carbocycles. The van der Waals surface area contributed by atoms with Crippen molar-refractivity contribution in [2.45, 2.75) is 6.54 Å². The van der Waals surface area contributed by atoms with E-state index in [4.69, 9.17) is 22.5 Å². The molecule has 2 aromatic rings. The maximum atomic E-state index is 14.2. The monoisotopic (exact) mass is 311 g/mol. The summed E-state index contributed by atoms with van der Waals surface area (Å²) in [7, 11) is 0. The highest BCUT2D eigenvalue weighted by Crippen LogP contribution is 2.23. The van der Waals surface area contributed by atoms with Crippen LogP contribution in [0, 0.1) is 11.6 Å². The number of nitrogens with zero attached hydrogens (tertiary/aromatic N) is 1. The molecule has 0 heterocycles. The quantitative estimate of drug-likeness (QED) is 0.351. The molecule has 0 aliphatic rings. The Morgan fingerprint density at radius 2 is 2.05 bits per heavy atom. The maximum absolute atomic E-state index is 14.2. The molecule has 0 fully saturated rings. The van der Waals surface area contributed by atoms with E-state index in [1.165, 1.54) is 18.2 Å². The van der Waals surface area contributed by atoms with Crippen molar-refractivity contribution in [2.75, 3.05) is 5.32 Å². The van der Waals surface area contributed by atoms with Gasteiger partial charge in [-0.25, -0.2) is 8.78 Å². The van der Waals surface area contributed by atoms with E-state index in [0.29, 0.717) is 11.3 Å². The number of anilines is 1. The number of halogens is 3. The summed E-state index contributed by atoms with van der Waals surface area (Å²) in [5.74, 6) is -1.36. The van der Waals surface area contributed by atoms with E-state index in [-0.39, 0.29) is 23.0 Å². The minimum atomic E-state index is -0.599. The molecule has 110 valence electrons. The summed E-state index contributed by atoms with van der Waals surface area (Å²) >= 11 is 5.87. The van der Waals surface area contributed by atoms with E-state index in [1.807, 2.05) is 0 Å². The average Bonchev–Trinajstić information content (AvgIpc) is 2.47. The van der Waals surface area contributed by atoms with Crippen molar-refractivity contribution in [2.24, 2.45) is 10.9 Å². The molecular weight excluding hydrogens is 300 g/mol. The molecule has 0 spiro atoms. The van der Waals surface area contributed by atoms with Gasteiger partial charge < -0.3 is 16.3 Å². The number of hydrogen-bond acceptors (Lipinski definition) is 3. The van der Waals surface area contributed by atoms with E-state index >= 15 is 0 Å². The lowest BCUT2D eigenvalue weighted by atomic mass is 10.1. The normalized spacial score (nSPS) is 11.5. The van der Waals surface area contributed by atoms with Crippen molar-refractivity contribution < 1.29 is 14.0 Å². The summed E-state index contributed by atoms with van der Waals surface area (Å²) in [6, 6.07) is 8.40. The third-order valence-electron chi connectivity index (χ3n) is 2.86. The molecule has 4 N–H and O–H groups in total. The molecule has 2 aromatic carbocycles. The Hall–Kier alpha value is -2.34. The summed E-state index contributed by atoms with van der Waals surface area (Å²) in [5.41, 5.74) is 6.17. The predicted molar refractivity (Wildman–Crippen MR) is 77.6 cm³/mol. The van der Waals surface area contributed by atoms with Crippen molar-refractivity contribution in [1.82, 2.24) is 0 Å². The SMILES string of the molecule is N/C(=N/O)c1cccc(CNc2ccc(F)cc2Cl)c1F. The van der Waals surface area contributed by atoms with Crippen molar-refractivity contribution >= 4 is 23.1 Å². The molecule has 0 bridgehead atoms. The van der Waals surface area contributed by atoms with Gasteiger partial charge in [0.15, 0.2) is 5.84 Å². The number of rotatable bonds is 4. The number of nitrogens with one attached hydrogen (secondary N) is 1. The zero-order valence-corrected chi connectivity index (χ0v) is 11.5. The van der Waals surface area contributed by atoms with Crippen LogP contribution in [0.5, 0.6) is 0 Å². The Labute approximate surface area is 124 Å². The van der Waals surface area contributed by atoms with E-state index in [0.717, 1.165) is 6.07 Å². The Balaban J connectivity index is 2.21. The molecule has 0 unspecified atom stereocenters. The van der Waals surface area contributed by atoms with Crippen LogP contribution in [-0.4, -0.2) is 11.0 Å². The zero-order chi connectivity index (χ0) is 15.4. The van der Waals surface area contributed by atoms with Crippen LogP contribution in [0.15, 0.2) is 41.6 Å². The number of hydrogen-bond donors (Lipinski definition) is 3. The third-order valence-corrected chi connectivity index (χ3v) is 3.18. The maximum Gasteiger partial charge on any atom is 0.173 e. The first-order valence-corrected chi connectivity index (χ1v) is 6.35. The molecule has 21 heavy (non-hydrogen) atoms. The summed E-state index contributed by atoms with van der Waals surface area (Å²) < 4.78 is 27.1. The summed E-state index contributed by atoms with van der Waals surface area (Å²) in [4.78, 5) is 0. The lowest BCUT2D eigenvalue weighted by molar-refractivity contribution is 0.318. The first kappa shape index (κ1) is 15.1. The van der Waals surface area contributed by atoms with Gasteiger partial charge in [-0.05, 0) is 24.3 Å². The van der Waals surface area contributed by atoms with Crippen LogP contribution in [0.1, 0.15) is 11.1 Å². The van der Waals surface area contributed by atoms with Gasteiger partial charge >= 0.3 is 0 Å². The number of nitrogens with two attached hydrogens (primary N) is 1. The van der Waals surface area contributed by atoms with Gasteiger partial charge in [0.2, 0.25) is 0 Å². The molecule has 2 rings (SSSR count). The summed E-state index contributed by atoms with van der Waals surface area (Å²) in [6.07, 6.45) is 0. The van der Waals surface area contributed by atoms with Crippen molar-refractivity contribution in [3.63, 3.8) is 0 Å². The van der Waals surface area contributed by atoms with Crippen LogP contribution in [0.4, 0.5) is 14.5 Å². The molecule has 0 radical (unpaired) electrons. The Kier molecular flexibility index (Phi) is 4.59. The average molecular weight is 312 g/mol. The van der Waals surface area contributed by atoms with Crippen molar-refractivity contribution in [3.05, 3.63) is 64.2 Å². The van der Waals surface area contributed by atoms with Gasteiger partial charge in [0.05, 0.1) is 16.3 Å². The van der Waals surface area contributed by atoms with E-state index in [9.17, 15) is 8.78 Å². The summed E-state index contributed by atoms with van der Waals surface area (Å²) in [6.45, 7) is 0.115. The number of amidine groups is 1. The van der Waals surface area contributed by atoms with E-state index in [1.54, 1.807) is 12.1 Å². The highest BCUT2D eigenvalue weighted by molar-refractivity contribution is 6.33. The summed E-state index contributed by atoms with van der Waals surface area (Å²) in [5, 5.41) is 14.5. The van der Waals surface area contributed by atoms with Crippen LogP contribution in [0.25, 0.3) is 0 Å². The van der Waals surface area contributed by atoms with Crippen LogP contribution in [-0.2, 0) is 6.54 Å². The van der Waals surface area contributed by atoms with Crippen LogP contribution in [0.3, 0.4) is 0 Å². The second-order valence-corrected chi connectivity index (χ2v) is 4.65. The van der Waals surface area contributed by atoms with Gasteiger partial charge in [0.25, 0.3) is 0 Å². The smallest absolute Gasteiger partial charge is 0.173 e. The van der Waals surface area contributed by atoms with Gasteiger partial charge in [-0.1, -0.05) is 28.9 Å². The minimum absolute atomic E-state index is 0.00185. The van der Waals surface area contributed by atoms with Gasteiger partial charge in [0, 0.05) is 12.1 Å². The second kappa shape index (κ2) is 6.41. The molecule has 0 saturated heterocycles. The third kappa shape index (κ3) is 3.41. The van der Waals surface area contributed by atoms with E-state index in [2.05, 4.69) is 10.5 Å². The van der Waals surface area contributed by atoms with Crippen LogP contribution >= 0.6 is 11.6 Å². The number of benzene rings is 2. The first-order valence-electron chi connectivity index (χ1n) is 5.97. The fourth-order valence-corrected chi connectivity index (χ4v) is 2.03. The van der Waals surface area contributed by atoms with E-state index < -0.39 is 11.6 Å². The molecule has 0 atom stereocenters. The van der Waals surface area contributed by atoms with Crippen LogP contribution in [0.2, 0.25) is 5.02 Å². The van der Waals surface area contributed by atoms with Gasteiger partial charge in [-0.2, -0.15) is 0 Å². The highest BCUT2D eigenvalue weighted by Gasteiger charge is 2.11. The standard InChI is InChI=1S/C14H12ClF2N3O/c15-11-6-9(16)4-5-12(11)19-7-8-2-1-3-10(13(8)17)14(18)20-21/h1-6,19,21H,7H2,(H2,18,20). The zero-order valence-electron chi connectivity index (χ0n) is 10.8. The fourth-order valence-electron chi connectivity index (χ4n) is 1.79. The van der Waals surface area contributed by atoms with Crippen molar-refractivity contribution in [3.8, 4) is 0 Å². The highest BCUT2D eigenvalue weighted by atomic mass is 35.5. The number of oxime groups is 1. The lowest BCUT2D eigenvalue weighted by Crippen LogP contribution is -2.16. The second-order valence-electron chi connectivity index (χ2n) is 4.24. The Morgan fingerprint density at radius 3 is 2.71 bits per heavy atom. The van der Waals surface area contributed by atoms with Gasteiger partial charge in [0.1, 0.15) is 11.6 Å². The molecule has 0 aliphatic carbocycles. The molecule has 0 amide bonds. The largest absolute Gasteiger partial charge is 0.409 e. The fraction of sp³-hybridized carbons (Fsp3) is 0.0714. The van der Waals surface area contributed by atoms with Crippen LogP contribution < -0.4 is 11.1 Å². The first-order chi connectivity index (χ1) is 10.0. The Bertz CT molecular complexity index is 692. The van der Waals surface area contributed by atoms with Crippen molar-refractivity contribution in [1.29, 1.82) is 0 Å². The molecule has 0 aromatic heterocycles. The van der Waals surface area contributed by atoms with Gasteiger partial charge in [-0.15, -0.1) is 0 Å². The predicted octanol–water partition coefficient (Wildman–Crippen LogP) is 3.32. The lowest BCUT2D eigenvalue weighted by Gasteiger charge is -2.11. The Morgan fingerprint density at radius 1 is 1.29 bits per heavy atom. The topological polar surface area (TPSA) is 70.6 Å². The molecule has 7 heteroatoms. The minimum Gasteiger partial charge on any atom is -0.409 e. The molecular formula is C14H12ClF2N3O. The molecule has 4 nitrogen and oxygen atoms in total. The molecule has 0 aliphatic heterocycles.